The topological polar surface area (TPSA) is 104 Å². The van der Waals surface area contributed by atoms with E-state index in [0.717, 1.165) is 25.9 Å². The number of hydrogen-bond donors (Lipinski definition) is 2. The van der Waals surface area contributed by atoms with E-state index in [0.29, 0.717) is 23.0 Å². The zero-order chi connectivity index (χ0) is 16.4. The third-order valence-corrected chi connectivity index (χ3v) is 5.53. The molecule has 0 saturated carbocycles. The molecule has 0 aromatic carbocycles. The molecule has 1 aliphatic rings. The number of aryl methyl sites for hydroxylation is 2. The van der Waals surface area contributed by atoms with Crippen molar-refractivity contribution in [2.24, 2.45) is 0 Å². The Morgan fingerprint density at radius 1 is 1.30 bits per heavy atom. The second-order valence-corrected chi connectivity index (χ2v) is 7.33. The van der Waals surface area contributed by atoms with Crippen molar-refractivity contribution in [2.75, 3.05) is 18.0 Å². The van der Waals surface area contributed by atoms with E-state index in [4.69, 9.17) is 0 Å². The van der Waals surface area contributed by atoms with Gasteiger partial charge >= 0.3 is 0 Å². The third kappa shape index (κ3) is 3.35. The number of H-pyrrole nitrogens is 1. The monoisotopic (exact) mass is 336 g/mol. The van der Waals surface area contributed by atoms with Gasteiger partial charge in [-0.25, -0.2) is 23.1 Å². The standard InChI is InChI=1S/C14H20N6O2S/c1-10-13(11(2)19-18-10)23(21,22)16-9-12-5-6-15-14(17-12)20-7-3-4-8-20/h5-6,16H,3-4,7-9H2,1-2H3,(H,18,19). The van der Waals surface area contributed by atoms with Crippen LogP contribution in [0.25, 0.3) is 0 Å². The molecule has 0 aliphatic carbocycles. The Morgan fingerprint density at radius 3 is 2.70 bits per heavy atom. The van der Waals surface area contributed by atoms with Gasteiger partial charge in [0.25, 0.3) is 0 Å². The molecular formula is C14H20N6O2S. The van der Waals surface area contributed by atoms with Crippen molar-refractivity contribution in [3.8, 4) is 0 Å². The minimum atomic E-state index is -3.63. The fourth-order valence-corrected chi connectivity index (χ4v) is 4.10. The van der Waals surface area contributed by atoms with Crippen LogP contribution in [0.3, 0.4) is 0 Å². The molecule has 1 saturated heterocycles. The Bertz CT molecular complexity index is 776. The summed E-state index contributed by atoms with van der Waals surface area (Å²) in [6, 6.07) is 1.72. The van der Waals surface area contributed by atoms with Gasteiger partial charge in [0, 0.05) is 19.3 Å². The Kier molecular flexibility index (Phi) is 4.31. The van der Waals surface area contributed by atoms with Crippen molar-refractivity contribution < 1.29 is 8.42 Å². The van der Waals surface area contributed by atoms with Crippen molar-refractivity contribution >= 4 is 16.0 Å². The average Bonchev–Trinajstić information content (AvgIpc) is 3.16. The first-order valence-corrected chi connectivity index (χ1v) is 9.04. The zero-order valence-corrected chi connectivity index (χ0v) is 14.0. The molecule has 2 aromatic heterocycles. The molecule has 0 unspecified atom stereocenters. The number of sulfonamides is 1. The number of nitrogens with one attached hydrogen (secondary N) is 2. The molecule has 124 valence electrons. The largest absolute Gasteiger partial charge is 0.341 e. The van der Waals surface area contributed by atoms with Gasteiger partial charge in [-0.05, 0) is 32.8 Å². The maximum absolute atomic E-state index is 12.4. The van der Waals surface area contributed by atoms with E-state index < -0.39 is 10.0 Å². The van der Waals surface area contributed by atoms with Crippen LogP contribution >= 0.6 is 0 Å². The minimum absolute atomic E-state index is 0.121. The first-order chi connectivity index (χ1) is 11.0. The predicted octanol–water partition coefficient (Wildman–Crippen LogP) is 0.895. The second-order valence-electron chi connectivity index (χ2n) is 5.63. The summed E-state index contributed by atoms with van der Waals surface area (Å²) in [5.74, 6) is 0.662. The number of hydrogen-bond acceptors (Lipinski definition) is 6. The summed E-state index contributed by atoms with van der Waals surface area (Å²) in [4.78, 5) is 11.0. The summed E-state index contributed by atoms with van der Waals surface area (Å²) >= 11 is 0. The van der Waals surface area contributed by atoms with Gasteiger partial charge in [0.1, 0.15) is 4.90 Å². The van der Waals surface area contributed by atoms with Crippen LogP contribution in [0.15, 0.2) is 17.2 Å². The number of rotatable bonds is 5. The maximum Gasteiger partial charge on any atom is 0.244 e. The molecule has 3 rings (SSSR count). The molecule has 0 radical (unpaired) electrons. The van der Waals surface area contributed by atoms with Gasteiger partial charge in [-0.3, -0.25) is 5.10 Å². The summed E-state index contributed by atoms with van der Waals surface area (Å²) in [5.41, 5.74) is 1.62. The molecule has 0 bridgehead atoms. The lowest BCUT2D eigenvalue weighted by molar-refractivity contribution is 0.579. The van der Waals surface area contributed by atoms with E-state index in [9.17, 15) is 8.42 Å². The normalized spacial score (nSPS) is 15.3. The van der Waals surface area contributed by atoms with Gasteiger partial charge in [0.05, 0.1) is 23.6 Å². The second kappa shape index (κ2) is 6.25. The Balaban J connectivity index is 1.74. The number of nitrogens with zero attached hydrogens (tertiary/aromatic N) is 4. The molecule has 2 N–H and O–H groups in total. The van der Waals surface area contributed by atoms with Crippen molar-refractivity contribution in [2.45, 2.75) is 38.1 Å². The van der Waals surface area contributed by atoms with Crippen LogP contribution in [0.1, 0.15) is 29.9 Å². The van der Waals surface area contributed by atoms with E-state index in [1.807, 2.05) is 0 Å². The lowest BCUT2D eigenvalue weighted by Crippen LogP contribution is -2.26. The Morgan fingerprint density at radius 2 is 2.04 bits per heavy atom. The van der Waals surface area contributed by atoms with Crippen LogP contribution in [-0.2, 0) is 16.6 Å². The summed E-state index contributed by atoms with van der Waals surface area (Å²) in [6.07, 6.45) is 3.94. The number of aromatic nitrogens is 4. The molecule has 9 heteroatoms. The summed E-state index contributed by atoms with van der Waals surface area (Å²) in [6.45, 7) is 5.36. The summed E-state index contributed by atoms with van der Waals surface area (Å²) in [7, 11) is -3.63. The highest BCUT2D eigenvalue weighted by Crippen LogP contribution is 2.18. The highest BCUT2D eigenvalue weighted by molar-refractivity contribution is 7.89. The molecule has 2 aromatic rings. The molecule has 0 spiro atoms. The van der Waals surface area contributed by atoms with Crippen molar-refractivity contribution in [1.82, 2.24) is 24.9 Å². The Labute approximate surface area is 135 Å². The van der Waals surface area contributed by atoms with Gasteiger partial charge in [0.15, 0.2) is 0 Å². The summed E-state index contributed by atoms with van der Waals surface area (Å²) < 4.78 is 27.4. The van der Waals surface area contributed by atoms with Gasteiger partial charge in [-0.15, -0.1) is 0 Å². The highest BCUT2D eigenvalue weighted by atomic mass is 32.2. The fraction of sp³-hybridized carbons (Fsp3) is 0.500. The van der Waals surface area contributed by atoms with Crippen LogP contribution in [-0.4, -0.2) is 41.7 Å². The zero-order valence-electron chi connectivity index (χ0n) is 13.2. The molecule has 1 fully saturated rings. The smallest absolute Gasteiger partial charge is 0.244 e. The Hall–Kier alpha value is -2.00. The van der Waals surface area contributed by atoms with Crippen LogP contribution < -0.4 is 9.62 Å². The minimum Gasteiger partial charge on any atom is -0.341 e. The van der Waals surface area contributed by atoms with E-state index in [-0.39, 0.29) is 11.4 Å². The third-order valence-electron chi connectivity index (χ3n) is 3.86. The van der Waals surface area contributed by atoms with Crippen LogP contribution in [0.4, 0.5) is 5.95 Å². The van der Waals surface area contributed by atoms with Crippen LogP contribution in [0.5, 0.6) is 0 Å². The molecule has 23 heavy (non-hydrogen) atoms. The van der Waals surface area contributed by atoms with Crippen molar-refractivity contribution in [1.29, 1.82) is 0 Å². The molecule has 3 heterocycles. The lowest BCUT2D eigenvalue weighted by atomic mass is 10.4. The van der Waals surface area contributed by atoms with Gasteiger partial charge in [-0.2, -0.15) is 5.10 Å². The SMILES string of the molecule is Cc1n[nH]c(C)c1S(=O)(=O)NCc1ccnc(N2CCCC2)n1. The van der Waals surface area contributed by atoms with Crippen molar-refractivity contribution in [3.63, 3.8) is 0 Å². The van der Waals surface area contributed by atoms with Gasteiger partial charge in [-0.1, -0.05) is 0 Å². The summed E-state index contributed by atoms with van der Waals surface area (Å²) in [5, 5.41) is 6.61. The van der Waals surface area contributed by atoms with Crippen LogP contribution in [0, 0.1) is 13.8 Å². The number of aromatic amines is 1. The van der Waals surface area contributed by atoms with E-state index >= 15 is 0 Å². The van der Waals surface area contributed by atoms with Crippen LogP contribution in [0.2, 0.25) is 0 Å². The molecule has 1 aliphatic heterocycles. The fourth-order valence-electron chi connectivity index (χ4n) is 2.73. The van der Waals surface area contributed by atoms with E-state index in [1.54, 1.807) is 26.1 Å². The quantitative estimate of drug-likeness (QED) is 0.840. The molecule has 8 nitrogen and oxygen atoms in total. The number of anilines is 1. The van der Waals surface area contributed by atoms with Crippen molar-refractivity contribution in [3.05, 3.63) is 29.3 Å². The van der Waals surface area contributed by atoms with E-state index in [1.165, 1.54) is 0 Å². The first kappa shape index (κ1) is 15.9. The lowest BCUT2D eigenvalue weighted by Gasteiger charge is -2.15. The van der Waals surface area contributed by atoms with Gasteiger partial charge in [0.2, 0.25) is 16.0 Å². The first-order valence-electron chi connectivity index (χ1n) is 7.55. The molecule has 0 amide bonds. The van der Waals surface area contributed by atoms with Gasteiger partial charge < -0.3 is 4.90 Å². The van der Waals surface area contributed by atoms with E-state index in [2.05, 4.69) is 29.8 Å². The molecular weight excluding hydrogens is 316 g/mol. The maximum atomic E-state index is 12.4. The predicted molar refractivity (Wildman–Crippen MR) is 85.6 cm³/mol. The highest BCUT2D eigenvalue weighted by Gasteiger charge is 2.22. The molecule has 0 atom stereocenters. The average molecular weight is 336 g/mol.